The summed E-state index contributed by atoms with van der Waals surface area (Å²) in [5.74, 6) is -2.98. The van der Waals surface area contributed by atoms with Gasteiger partial charge in [-0.25, -0.2) is 22.5 Å². The number of ether oxygens (including phenoxy) is 1. The first-order valence-corrected chi connectivity index (χ1v) is 11.6. The first kappa shape index (κ1) is 24.3. The molecule has 0 aliphatic carbocycles. The van der Waals surface area contributed by atoms with Gasteiger partial charge in [0.1, 0.15) is 23.5 Å². The lowest BCUT2D eigenvalue weighted by molar-refractivity contribution is -0.137. The summed E-state index contributed by atoms with van der Waals surface area (Å²) in [5.41, 5.74) is -2.53. The molecular weight excluding hydrogens is 477 g/mol. The third-order valence-electron chi connectivity index (χ3n) is 7.52. The fourth-order valence-electron chi connectivity index (χ4n) is 5.56. The van der Waals surface area contributed by atoms with Gasteiger partial charge in [0.15, 0.2) is 0 Å². The van der Waals surface area contributed by atoms with Gasteiger partial charge in [0.25, 0.3) is 5.56 Å². The molecule has 2 saturated heterocycles. The van der Waals surface area contributed by atoms with Crippen LogP contribution in [0.3, 0.4) is 0 Å². The van der Waals surface area contributed by atoms with Gasteiger partial charge in [0, 0.05) is 17.7 Å². The van der Waals surface area contributed by atoms with E-state index in [-0.39, 0.29) is 29.1 Å². The average Bonchev–Trinajstić information content (AvgIpc) is 2.99. The largest absolute Gasteiger partial charge is 0.378 e. The summed E-state index contributed by atoms with van der Waals surface area (Å²) in [6.45, 7) is 2.03. The number of aromatic nitrogens is 2. The van der Waals surface area contributed by atoms with Crippen molar-refractivity contribution in [3.63, 3.8) is 0 Å². The molecular formula is C25H25F3N4O4. The molecule has 2 aliphatic heterocycles. The molecule has 3 heterocycles. The smallest absolute Gasteiger partial charge is 0.329 e. The van der Waals surface area contributed by atoms with Gasteiger partial charge in [0.05, 0.1) is 35.7 Å². The Labute approximate surface area is 203 Å². The van der Waals surface area contributed by atoms with Gasteiger partial charge in [-0.1, -0.05) is 6.07 Å². The van der Waals surface area contributed by atoms with E-state index >= 15 is 0 Å². The van der Waals surface area contributed by atoms with Crippen LogP contribution < -0.4 is 16.6 Å². The Morgan fingerprint density at radius 2 is 1.89 bits per heavy atom. The molecule has 4 atom stereocenters. The van der Waals surface area contributed by atoms with Crippen LogP contribution in [0.1, 0.15) is 37.4 Å². The molecule has 5 rings (SSSR count). The van der Waals surface area contributed by atoms with E-state index in [4.69, 9.17) is 4.74 Å². The second-order valence-electron chi connectivity index (χ2n) is 9.52. The van der Waals surface area contributed by atoms with E-state index in [1.165, 1.54) is 19.1 Å². The first-order valence-electron chi connectivity index (χ1n) is 11.6. The van der Waals surface area contributed by atoms with E-state index in [0.29, 0.717) is 25.5 Å². The van der Waals surface area contributed by atoms with Crippen LogP contribution in [0.25, 0.3) is 10.9 Å². The summed E-state index contributed by atoms with van der Waals surface area (Å²) in [6.07, 6.45) is 1.13. The lowest BCUT2D eigenvalue weighted by atomic mass is 9.86. The molecule has 1 aromatic heterocycles. The van der Waals surface area contributed by atoms with E-state index < -0.39 is 52.2 Å². The highest BCUT2D eigenvalue weighted by Gasteiger charge is 2.56. The summed E-state index contributed by atoms with van der Waals surface area (Å²) >= 11 is 0. The van der Waals surface area contributed by atoms with Crippen LogP contribution in [0.2, 0.25) is 0 Å². The normalized spacial score (nSPS) is 23.5. The summed E-state index contributed by atoms with van der Waals surface area (Å²) < 4.78 is 48.4. The minimum atomic E-state index is -1.37. The monoisotopic (exact) mass is 502 g/mol. The van der Waals surface area contributed by atoms with Crippen LogP contribution in [0.4, 0.5) is 13.2 Å². The van der Waals surface area contributed by atoms with Crippen LogP contribution in [-0.2, 0) is 9.53 Å². The summed E-state index contributed by atoms with van der Waals surface area (Å²) in [4.78, 5) is 45.2. The third kappa shape index (κ3) is 3.82. The maximum absolute atomic E-state index is 14.4. The predicted octanol–water partition coefficient (Wildman–Crippen LogP) is 2.39. The van der Waals surface area contributed by atoms with Gasteiger partial charge >= 0.3 is 5.69 Å². The Bertz CT molecular complexity index is 1470. The number of hydrogen-bond acceptors (Lipinski definition) is 5. The Morgan fingerprint density at radius 1 is 1.17 bits per heavy atom. The number of nitrogens with one attached hydrogen (secondary N) is 2. The molecule has 1 amide bonds. The number of morpholine rings is 1. The van der Waals surface area contributed by atoms with Crippen molar-refractivity contribution in [1.82, 2.24) is 19.8 Å². The Hall–Kier alpha value is -3.44. The minimum Gasteiger partial charge on any atom is -0.378 e. The summed E-state index contributed by atoms with van der Waals surface area (Å²) in [6, 6.07) is 4.13. The molecule has 0 radical (unpaired) electrons. The molecule has 0 unspecified atom stereocenters. The number of aromatic amines is 1. The third-order valence-corrected chi connectivity index (χ3v) is 7.52. The van der Waals surface area contributed by atoms with Gasteiger partial charge in [0.2, 0.25) is 5.91 Å². The van der Waals surface area contributed by atoms with Crippen molar-refractivity contribution in [2.24, 2.45) is 0 Å². The lowest BCUT2D eigenvalue weighted by Gasteiger charge is -2.46. The maximum Gasteiger partial charge on any atom is 0.329 e. The van der Waals surface area contributed by atoms with Crippen LogP contribution >= 0.6 is 0 Å². The second-order valence-corrected chi connectivity index (χ2v) is 9.52. The van der Waals surface area contributed by atoms with Crippen molar-refractivity contribution < 1.29 is 22.7 Å². The molecule has 2 fully saturated rings. The predicted molar refractivity (Wildman–Crippen MR) is 125 cm³/mol. The Kier molecular flexibility index (Phi) is 6.00. The Morgan fingerprint density at radius 3 is 2.64 bits per heavy atom. The average molecular weight is 502 g/mol. The molecule has 2 N–H and O–H groups in total. The lowest BCUT2D eigenvalue weighted by Crippen LogP contribution is -2.64. The molecule has 11 heteroatoms. The van der Waals surface area contributed by atoms with Crippen molar-refractivity contribution in [1.29, 1.82) is 0 Å². The second kappa shape index (κ2) is 8.90. The standard InChI is InChI=1S/C25H25F3N4O4/c1-13(17-5-3-15(27)10-19(17)28)29-22(33)21(25-8-7-16(31(25)2)11-36-12-25)32-23(34)18-9-14(26)4-6-20(18)30-24(32)35/h3-6,9-10,13,16,21H,7-8,11-12H2,1-2H3,(H,29,33)(H,30,35)/t13-,16+,21-,25-/m0/s1. The van der Waals surface area contributed by atoms with E-state index in [9.17, 15) is 27.6 Å². The number of rotatable bonds is 5. The number of amides is 1. The van der Waals surface area contributed by atoms with Crippen molar-refractivity contribution in [2.45, 2.75) is 43.4 Å². The number of halogens is 3. The van der Waals surface area contributed by atoms with Crippen LogP contribution in [0, 0.1) is 17.5 Å². The van der Waals surface area contributed by atoms with Crippen molar-refractivity contribution in [2.75, 3.05) is 20.3 Å². The number of likely N-dealkylation sites (N-methyl/N-ethyl adjacent to an activating group) is 1. The molecule has 3 aromatic rings. The summed E-state index contributed by atoms with van der Waals surface area (Å²) in [7, 11) is 1.81. The zero-order valence-corrected chi connectivity index (χ0v) is 19.7. The van der Waals surface area contributed by atoms with Crippen LogP contribution in [-0.4, -0.2) is 52.2 Å². The van der Waals surface area contributed by atoms with Gasteiger partial charge in [-0.15, -0.1) is 0 Å². The maximum atomic E-state index is 14.4. The highest BCUT2D eigenvalue weighted by atomic mass is 19.1. The van der Waals surface area contributed by atoms with Crippen LogP contribution in [0.15, 0.2) is 46.0 Å². The van der Waals surface area contributed by atoms with Crippen molar-refractivity contribution in [3.8, 4) is 0 Å². The van der Waals surface area contributed by atoms with E-state index in [1.54, 1.807) is 0 Å². The molecule has 0 saturated carbocycles. The first-order chi connectivity index (χ1) is 17.1. The summed E-state index contributed by atoms with van der Waals surface area (Å²) in [5, 5.41) is 2.61. The van der Waals surface area contributed by atoms with Gasteiger partial charge in [-0.2, -0.15) is 0 Å². The topological polar surface area (TPSA) is 96.4 Å². The van der Waals surface area contributed by atoms with E-state index in [1.807, 2.05) is 11.9 Å². The van der Waals surface area contributed by atoms with Gasteiger partial charge in [-0.3, -0.25) is 14.5 Å². The quantitative estimate of drug-likeness (QED) is 0.559. The molecule has 0 spiro atoms. The molecule has 2 aromatic carbocycles. The molecule has 36 heavy (non-hydrogen) atoms. The number of carbonyl (C=O) groups is 1. The molecule has 190 valence electrons. The highest BCUT2D eigenvalue weighted by Crippen LogP contribution is 2.43. The number of fused-ring (bicyclic) bond motifs is 3. The zero-order chi connectivity index (χ0) is 25.8. The van der Waals surface area contributed by atoms with E-state index in [2.05, 4.69) is 10.3 Å². The van der Waals surface area contributed by atoms with Crippen molar-refractivity contribution in [3.05, 3.63) is 80.3 Å². The fourth-order valence-corrected chi connectivity index (χ4v) is 5.56. The number of H-pyrrole nitrogens is 1. The minimum absolute atomic E-state index is 0.0197. The highest BCUT2D eigenvalue weighted by molar-refractivity contribution is 5.83. The van der Waals surface area contributed by atoms with E-state index in [0.717, 1.165) is 22.8 Å². The number of hydrogen-bond donors (Lipinski definition) is 2. The number of carbonyl (C=O) groups excluding carboxylic acids is 1. The fraction of sp³-hybridized carbons (Fsp3) is 0.400. The Balaban J connectivity index is 1.65. The molecule has 2 aliphatic rings. The zero-order valence-electron chi connectivity index (χ0n) is 19.7. The number of nitrogens with zero attached hydrogens (tertiary/aromatic N) is 2. The molecule has 2 bridgehead atoms. The van der Waals surface area contributed by atoms with Crippen molar-refractivity contribution >= 4 is 16.8 Å². The molecule has 8 nitrogen and oxygen atoms in total. The number of benzene rings is 2. The van der Waals surface area contributed by atoms with Crippen LogP contribution in [0.5, 0.6) is 0 Å². The SMILES string of the molecule is C[C@H](NC(=O)[C@H](n1c(=O)[nH]c2ccc(F)cc2c1=O)[C@]12CC[C@H](COC1)N2C)c1ccc(F)cc1F. The van der Waals surface area contributed by atoms with Gasteiger partial charge < -0.3 is 15.0 Å². The van der Waals surface area contributed by atoms with Gasteiger partial charge in [-0.05, 0) is 51.1 Å².